The van der Waals surface area contributed by atoms with Crippen LogP contribution in [-0.2, 0) is 16.1 Å². The van der Waals surface area contributed by atoms with Crippen molar-refractivity contribution in [3.8, 4) is 11.5 Å². The Morgan fingerprint density at radius 1 is 1.19 bits per heavy atom. The fourth-order valence-electron chi connectivity index (χ4n) is 1.74. The topological polar surface area (TPSA) is 67.8 Å². The highest BCUT2D eigenvalue weighted by Crippen LogP contribution is 2.17. The van der Waals surface area contributed by atoms with Crippen molar-refractivity contribution in [3.05, 3.63) is 54.1 Å². The number of esters is 1. The molecule has 0 unspecified atom stereocenters. The molecule has 0 aliphatic rings. The number of carbonyl (C=O) groups is 1. The fourth-order valence-corrected chi connectivity index (χ4v) is 1.74. The van der Waals surface area contributed by atoms with E-state index in [1.807, 2.05) is 18.2 Å². The highest BCUT2D eigenvalue weighted by Gasteiger charge is 2.02. The van der Waals surface area contributed by atoms with Gasteiger partial charge in [-0.1, -0.05) is 12.1 Å². The Balaban J connectivity index is 1.86. The third-order valence-corrected chi connectivity index (χ3v) is 2.85. The summed E-state index contributed by atoms with van der Waals surface area (Å²) in [5.74, 6) is 0.435. The molecule has 0 aromatic heterocycles. The van der Waals surface area contributed by atoms with Crippen LogP contribution in [0.2, 0.25) is 0 Å². The molecule has 2 aromatic rings. The Morgan fingerprint density at radius 2 is 1.95 bits per heavy atom. The summed E-state index contributed by atoms with van der Waals surface area (Å²) in [6, 6.07) is 14.3. The summed E-state index contributed by atoms with van der Waals surface area (Å²) in [5.41, 5.74) is 1.91. The monoisotopic (exact) mass is 287 g/mol. The third-order valence-electron chi connectivity index (χ3n) is 2.85. The lowest BCUT2D eigenvalue weighted by molar-refractivity contribution is -0.142. The molecule has 5 heteroatoms. The van der Waals surface area contributed by atoms with E-state index in [1.165, 1.54) is 7.11 Å². The van der Waals surface area contributed by atoms with Crippen LogP contribution in [0.15, 0.2) is 48.5 Å². The number of phenols is 1. The number of hydrogen-bond donors (Lipinski definition) is 2. The fraction of sp³-hybridized carbons (Fsp3) is 0.188. The van der Waals surface area contributed by atoms with Crippen LogP contribution in [0.1, 0.15) is 5.56 Å². The number of benzene rings is 2. The number of phenolic OH excluding ortho intramolecular Hbond substituents is 1. The molecule has 21 heavy (non-hydrogen) atoms. The summed E-state index contributed by atoms with van der Waals surface area (Å²) >= 11 is 0. The number of aromatic hydroxyl groups is 1. The van der Waals surface area contributed by atoms with Gasteiger partial charge in [-0.2, -0.15) is 0 Å². The van der Waals surface area contributed by atoms with E-state index in [2.05, 4.69) is 10.1 Å². The van der Waals surface area contributed by atoms with Gasteiger partial charge >= 0.3 is 5.97 Å². The predicted octanol–water partition coefficient (Wildman–Crippen LogP) is 2.56. The Kier molecular flexibility index (Phi) is 5.04. The van der Waals surface area contributed by atoms with Gasteiger partial charge in [0.1, 0.15) is 11.5 Å². The minimum absolute atomic E-state index is 0.105. The molecular formula is C16H17NO4. The number of ether oxygens (including phenoxy) is 2. The molecule has 2 rings (SSSR count). The quantitative estimate of drug-likeness (QED) is 0.799. The van der Waals surface area contributed by atoms with Crippen LogP contribution in [0.4, 0.5) is 5.69 Å². The minimum atomic E-state index is -0.416. The second kappa shape index (κ2) is 7.19. The second-order valence-corrected chi connectivity index (χ2v) is 4.41. The van der Waals surface area contributed by atoms with Gasteiger partial charge < -0.3 is 19.9 Å². The molecule has 0 saturated carbocycles. The van der Waals surface area contributed by atoms with Gasteiger partial charge in [-0.05, 0) is 42.0 Å². The standard InChI is InChI=1S/C16H17NO4/c1-20-16(19)11-21-15-7-5-13(6-8-15)17-10-12-3-2-4-14(18)9-12/h2-9,17-18H,10-11H2,1H3. The number of carbonyl (C=O) groups excluding carboxylic acids is 1. The number of rotatable bonds is 6. The molecule has 110 valence electrons. The predicted molar refractivity (Wildman–Crippen MR) is 79.4 cm³/mol. The van der Waals surface area contributed by atoms with Gasteiger partial charge in [0, 0.05) is 12.2 Å². The summed E-state index contributed by atoms with van der Waals surface area (Å²) < 4.78 is 9.75. The zero-order valence-electron chi connectivity index (χ0n) is 11.7. The molecule has 2 N–H and O–H groups in total. The van der Waals surface area contributed by atoms with Crippen molar-refractivity contribution >= 4 is 11.7 Å². The first-order valence-electron chi connectivity index (χ1n) is 6.49. The van der Waals surface area contributed by atoms with Crippen LogP contribution in [0.5, 0.6) is 11.5 Å². The smallest absolute Gasteiger partial charge is 0.343 e. The Bertz CT molecular complexity index is 595. The van der Waals surface area contributed by atoms with Crippen molar-refractivity contribution in [3.63, 3.8) is 0 Å². The minimum Gasteiger partial charge on any atom is -0.508 e. The molecule has 0 amide bonds. The van der Waals surface area contributed by atoms with E-state index in [0.29, 0.717) is 12.3 Å². The van der Waals surface area contributed by atoms with Crippen molar-refractivity contribution in [1.82, 2.24) is 0 Å². The van der Waals surface area contributed by atoms with E-state index in [0.717, 1.165) is 11.3 Å². The zero-order valence-corrected chi connectivity index (χ0v) is 11.7. The zero-order chi connectivity index (χ0) is 15.1. The Labute approximate surface area is 123 Å². The third kappa shape index (κ3) is 4.72. The number of methoxy groups -OCH3 is 1. The van der Waals surface area contributed by atoms with E-state index < -0.39 is 5.97 Å². The lowest BCUT2D eigenvalue weighted by Crippen LogP contribution is -2.12. The Morgan fingerprint density at radius 3 is 2.62 bits per heavy atom. The van der Waals surface area contributed by atoms with Crippen molar-refractivity contribution < 1.29 is 19.4 Å². The molecule has 0 heterocycles. The maximum Gasteiger partial charge on any atom is 0.343 e. The van der Waals surface area contributed by atoms with E-state index in [9.17, 15) is 9.90 Å². The lowest BCUT2D eigenvalue weighted by atomic mass is 10.2. The average Bonchev–Trinajstić information content (AvgIpc) is 2.51. The number of anilines is 1. The maximum atomic E-state index is 11.0. The normalized spacial score (nSPS) is 9.95. The first kappa shape index (κ1) is 14.7. The van der Waals surface area contributed by atoms with E-state index in [-0.39, 0.29) is 12.4 Å². The SMILES string of the molecule is COC(=O)COc1ccc(NCc2cccc(O)c2)cc1. The summed E-state index contributed by atoms with van der Waals surface area (Å²) in [7, 11) is 1.32. The first-order valence-corrected chi connectivity index (χ1v) is 6.49. The van der Waals surface area contributed by atoms with E-state index in [4.69, 9.17) is 4.74 Å². The molecule has 0 spiro atoms. The molecule has 0 saturated heterocycles. The molecule has 5 nitrogen and oxygen atoms in total. The highest BCUT2D eigenvalue weighted by atomic mass is 16.6. The summed E-state index contributed by atoms with van der Waals surface area (Å²) in [5, 5.41) is 12.6. The summed E-state index contributed by atoms with van der Waals surface area (Å²) in [6.45, 7) is 0.503. The van der Waals surface area contributed by atoms with Gasteiger partial charge in [0.15, 0.2) is 6.61 Å². The molecule has 0 radical (unpaired) electrons. The van der Waals surface area contributed by atoms with Gasteiger partial charge in [-0.3, -0.25) is 0 Å². The molecular weight excluding hydrogens is 270 g/mol. The van der Waals surface area contributed by atoms with Crippen LogP contribution in [0.3, 0.4) is 0 Å². The van der Waals surface area contributed by atoms with E-state index >= 15 is 0 Å². The van der Waals surface area contributed by atoms with Crippen molar-refractivity contribution in [2.75, 3.05) is 19.0 Å². The van der Waals surface area contributed by atoms with Crippen LogP contribution in [0, 0.1) is 0 Å². The van der Waals surface area contributed by atoms with Crippen LogP contribution in [0.25, 0.3) is 0 Å². The summed E-state index contributed by atoms with van der Waals surface area (Å²) in [6.07, 6.45) is 0. The van der Waals surface area contributed by atoms with Crippen molar-refractivity contribution in [2.45, 2.75) is 6.54 Å². The van der Waals surface area contributed by atoms with Gasteiger partial charge in [0.2, 0.25) is 0 Å². The first-order chi connectivity index (χ1) is 10.2. The van der Waals surface area contributed by atoms with Crippen LogP contribution >= 0.6 is 0 Å². The van der Waals surface area contributed by atoms with Gasteiger partial charge in [-0.15, -0.1) is 0 Å². The largest absolute Gasteiger partial charge is 0.508 e. The van der Waals surface area contributed by atoms with Crippen molar-refractivity contribution in [1.29, 1.82) is 0 Å². The molecule has 0 atom stereocenters. The second-order valence-electron chi connectivity index (χ2n) is 4.41. The number of nitrogens with one attached hydrogen (secondary N) is 1. The Hall–Kier alpha value is -2.69. The average molecular weight is 287 g/mol. The molecule has 0 aliphatic carbocycles. The van der Waals surface area contributed by atoms with Crippen LogP contribution in [-0.4, -0.2) is 24.8 Å². The molecule has 0 fully saturated rings. The van der Waals surface area contributed by atoms with Gasteiger partial charge in [0.05, 0.1) is 7.11 Å². The van der Waals surface area contributed by atoms with Crippen molar-refractivity contribution in [2.24, 2.45) is 0 Å². The lowest BCUT2D eigenvalue weighted by Gasteiger charge is -2.09. The number of hydrogen-bond acceptors (Lipinski definition) is 5. The van der Waals surface area contributed by atoms with E-state index in [1.54, 1.807) is 30.3 Å². The summed E-state index contributed by atoms with van der Waals surface area (Å²) in [4.78, 5) is 11.0. The van der Waals surface area contributed by atoms with Gasteiger partial charge in [-0.25, -0.2) is 4.79 Å². The van der Waals surface area contributed by atoms with Gasteiger partial charge in [0.25, 0.3) is 0 Å². The highest BCUT2D eigenvalue weighted by molar-refractivity contribution is 5.70. The van der Waals surface area contributed by atoms with Crippen LogP contribution < -0.4 is 10.1 Å². The molecule has 0 aliphatic heterocycles. The maximum absolute atomic E-state index is 11.0. The molecule has 2 aromatic carbocycles. The molecule has 0 bridgehead atoms.